The van der Waals surface area contributed by atoms with Gasteiger partial charge in [-0.1, -0.05) is 27.5 Å². The molecule has 1 N–H and O–H groups in total. The predicted molar refractivity (Wildman–Crippen MR) is 144 cm³/mol. The summed E-state index contributed by atoms with van der Waals surface area (Å²) in [6, 6.07) is 13.5. The maximum atomic E-state index is 9.97. The lowest BCUT2D eigenvalue weighted by Gasteiger charge is -2.31. The molecule has 1 saturated heterocycles. The number of halogens is 1. The van der Waals surface area contributed by atoms with E-state index in [4.69, 9.17) is 14.2 Å². The Morgan fingerprint density at radius 2 is 1.88 bits per heavy atom. The molecule has 33 heavy (non-hydrogen) atoms. The molecule has 0 unspecified atom stereocenters. The molecule has 2 heterocycles. The third kappa shape index (κ3) is 6.59. The van der Waals surface area contributed by atoms with E-state index in [1.54, 1.807) is 21.1 Å². The number of hydrogen-bond acceptors (Lipinski definition) is 6. The predicted octanol–water partition coefficient (Wildman–Crippen LogP) is 6.26. The van der Waals surface area contributed by atoms with E-state index in [1.807, 2.05) is 18.2 Å². The molecule has 2 aliphatic rings. The lowest BCUT2D eigenvalue weighted by atomic mass is 9.90. The lowest BCUT2D eigenvalue weighted by molar-refractivity contribution is 0.144. The largest absolute Gasteiger partial charge is 0.508 e. The van der Waals surface area contributed by atoms with Crippen LogP contribution in [-0.4, -0.2) is 55.2 Å². The number of fused-ring (bicyclic) bond motifs is 1. The smallest absolute Gasteiger partial charge is 0.148 e. The van der Waals surface area contributed by atoms with Crippen LogP contribution in [0.25, 0.3) is 5.57 Å². The third-order valence-corrected chi connectivity index (χ3v) is 7.92. The summed E-state index contributed by atoms with van der Waals surface area (Å²) >= 11 is 2.29. The molecule has 7 heteroatoms. The van der Waals surface area contributed by atoms with Crippen molar-refractivity contribution in [2.24, 2.45) is 0 Å². The van der Waals surface area contributed by atoms with E-state index in [0.29, 0.717) is 25.6 Å². The second-order valence-corrected chi connectivity index (χ2v) is 11.0. The first kappa shape index (κ1) is 24.7. The van der Waals surface area contributed by atoms with Crippen LogP contribution in [0.15, 0.2) is 48.0 Å². The molecule has 2 aliphatic heterocycles. The second kappa shape index (κ2) is 12.3. The number of benzene rings is 2. The molecule has 0 amide bonds. The Balaban J connectivity index is 1.46. The third-order valence-electron chi connectivity index (χ3n) is 6.28. The Labute approximate surface area is 213 Å². The number of nitrogens with zero attached hydrogens (tertiary/aromatic N) is 1. The van der Waals surface area contributed by atoms with Crippen molar-refractivity contribution in [3.63, 3.8) is 0 Å². The lowest BCUT2D eigenvalue weighted by Crippen LogP contribution is -2.33. The highest BCUT2D eigenvalue weighted by Crippen LogP contribution is 2.43. The molecule has 0 aromatic heterocycles. The zero-order valence-corrected chi connectivity index (χ0v) is 22.1. The van der Waals surface area contributed by atoms with E-state index in [-0.39, 0.29) is 11.9 Å². The van der Waals surface area contributed by atoms with Crippen LogP contribution in [0.4, 0.5) is 0 Å². The van der Waals surface area contributed by atoms with E-state index in [0.717, 1.165) is 40.3 Å². The number of phenolic OH excluding ortho intramolecular Hbond substituents is 1. The van der Waals surface area contributed by atoms with Crippen molar-refractivity contribution in [1.29, 1.82) is 0 Å². The number of rotatable bonds is 10. The fourth-order valence-electron chi connectivity index (χ4n) is 4.43. The van der Waals surface area contributed by atoms with Crippen molar-refractivity contribution < 1.29 is 19.3 Å². The van der Waals surface area contributed by atoms with Crippen molar-refractivity contribution in [3.05, 3.63) is 59.2 Å². The number of allylic oxidation sites excluding steroid dienone is 1. The molecule has 0 bridgehead atoms. The van der Waals surface area contributed by atoms with Gasteiger partial charge in [-0.15, -0.1) is 0 Å². The maximum Gasteiger partial charge on any atom is 0.148 e. The first-order valence-corrected chi connectivity index (χ1v) is 15.1. The molecule has 1 atom stereocenters. The Morgan fingerprint density at radius 1 is 1.09 bits per heavy atom. The Morgan fingerprint density at radius 3 is 2.64 bits per heavy atom. The fourth-order valence-corrected chi connectivity index (χ4v) is 5.15. The molecule has 5 nitrogen and oxygen atoms in total. The van der Waals surface area contributed by atoms with Crippen LogP contribution in [0.2, 0.25) is 0 Å². The number of phenols is 1. The van der Waals surface area contributed by atoms with Gasteiger partial charge in [-0.05, 0) is 89.5 Å². The topological polar surface area (TPSA) is 51.2 Å². The second-order valence-electron chi connectivity index (χ2n) is 8.51. The molecule has 0 saturated carbocycles. The average Bonchev–Trinajstić information content (AvgIpc) is 2.84. The summed E-state index contributed by atoms with van der Waals surface area (Å²) in [7, 11) is 1.75. The normalized spacial score (nSPS) is 18.7. The van der Waals surface area contributed by atoms with E-state index < -0.39 is 0 Å². The minimum atomic E-state index is -0.256. The van der Waals surface area contributed by atoms with Crippen LogP contribution in [0.1, 0.15) is 43.4 Å². The summed E-state index contributed by atoms with van der Waals surface area (Å²) in [5.74, 6) is 2.73. The number of likely N-dealkylation sites (tertiary alicyclic amines) is 1. The van der Waals surface area contributed by atoms with Crippen molar-refractivity contribution in [3.8, 4) is 17.2 Å². The van der Waals surface area contributed by atoms with Crippen molar-refractivity contribution in [2.75, 3.05) is 45.2 Å². The number of aromatic hydroxyl groups is 1. The van der Waals surface area contributed by atoms with Gasteiger partial charge in [0.25, 0.3) is 0 Å². The van der Waals surface area contributed by atoms with Gasteiger partial charge in [0.05, 0.1) is 13.2 Å². The minimum absolute atomic E-state index is 0.205. The van der Waals surface area contributed by atoms with Gasteiger partial charge < -0.3 is 19.3 Å². The monoisotopic (exact) mass is 581 g/mol. The first-order chi connectivity index (χ1) is 16.2. The number of piperidine rings is 1. The van der Waals surface area contributed by atoms with E-state index in [1.165, 1.54) is 32.4 Å². The van der Waals surface area contributed by atoms with Crippen LogP contribution < -0.4 is 9.47 Å². The average molecular weight is 582 g/mol. The Kier molecular flexibility index (Phi) is 9.23. The van der Waals surface area contributed by atoms with Crippen LogP contribution >= 0.6 is 30.1 Å². The van der Waals surface area contributed by atoms with Crippen molar-refractivity contribution in [2.45, 2.75) is 32.3 Å². The molecular weight excluding hydrogens is 549 g/mol. The summed E-state index contributed by atoms with van der Waals surface area (Å²) in [6.07, 6.45) is 3.69. The SMILES string of the molecule is CC1=C(COCCSI)[C@H](c2ccc(OCCN3CCCCC3)cc2)Oc2cc(O)ccc21. The van der Waals surface area contributed by atoms with Crippen LogP contribution in [0.3, 0.4) is 0 Å². The van der Waals surface area contributed by atoms with Gasteiger partial charge in [-0.2, -0.15) is 0 Å². The van der Waals surface area contributed by atoms with Gasteiger partial charge in [0.15, 0.2) is 0 Å². The van der Waals surface area contributed by atoms with Gasteiger partial charge in [0, 0.05) is 29.5 Å². The van der Waals surface area contributed by atoms with E-state index >= 15 is 0 Å². The van der Waals surface area contributed by atoms with Crippen molar-refractivity contribution >= 4 is 35.7 Å². The van der Waals surface area contributed by atoms with Gasteiger partial charge in [-0.25, -0.2) is 0 Å². The van der Waals surface area contributed by atoms with Crippen LogP contribution in [-0.2, 0) is 4.74 Å². The number of ether oxygens (including phenoxy) is 3. The first-order valence-electron chi connectivity index (χ1n) is 11.6. The van der Waals surface area contributed by atoms with Crippen LogP contribution in [0, 0.1) is 0 Å². The van der Waals surface area contributed by atoms with Gasteiger partial charge in [-0.3, -0.25) is 4.90 Å². The summed E-state index contributed by atoms with van der Waals surface area (Å²) in [5, 5.41) is 9.97. The highest BCUT2D eigenvalue weighted by molar-refractivity contribution is 14.2. The molecule has 0 spiro atoms. The summed E-state index contributed by atoms with van der Waals surface area (Å²) in [6.45, 7) is 7.38. The van der Waals surface area contributed by atoms with Gasteiger partial charge in [0.1, 0.15) is 30.0 Å². The molecule has 2 aromatic carbocycles. The van der Waals surface area contributed by atoms with Gasteiger partial charge in [0.2, 0.25) is 0 Å². The molecule has 1 fully saturated rings. The highest BCUT2D eigenvalue weighted by Gasteiger charge is 2.28. The maximum absolute atomic E-state index is 9.97. The fraction of sp³-hybridized carbons (Fsp3) is 0.462. The molecule has 0 aliphatic carbocycles. The standard InChI is InChI=1S/C26H32INO4S/c1-19-23-10-7-21(29)17-25(23)32-26(24(19)18-30-15-16-33-27)20-5-8-22(9-6-20)31-14-13-28-11-3-2-4-12-28/h5-10,17,26,29H,2-4,11-16,18H2,1H3/t26-/m0/s1. The molecule has 0 radical (unpaired) electrons. The molecule has 4 rings (SSSR count). The zero-order chi connectivity index (χ0) is 23.0. The summed E-state index contributed by atoms with van der Waals surface area (Å²) in [5.41, 5.74) is 4.31. The Bertz CT molecular complexity index is 944. The molecular formula is C26H32INO4S. The highest BCUT2D eigenvalue weighted by atomic mass is 127. The summed E-state index contributed by atoms with van der Waals surface area (Å²) < 4.78 is 18.4. The summed E-state index contributed by atoms with van der Waals surface area (Å²) in [4.78, 5) is 2.48. The quantitative estimate of drug-likeness (QED) is 0.264. The number of hydrogen-bond donors (Lipinski definition) is 1. The Hall–Kier alpha value is -1.42. The minimum Gasteiger partial charge on any atom is -0.508 e. The zero-order valence-electron chi connectivity index (χ0n) is 19.1. The van der Waals surface area contributed by atoms with E-state index in [9.17, 15) is 5.11 Å². The van der Waals surface area contributed by atoms with Crippen LogP contribution in [0.5, 0.6) is 17.2 Å². The van der Waals surface area contributed by atoms with Crippen molar-refractivity contribution in [1.82, 2.24) is 4.90 Å². The van der Waals surface area contributed by atoms with Gasteiger partial charge >= 0.3 is 0 Å². The van der Waals surface area contributed by atoms with E-state index in [2.05, 4.69) is 45.2 Å². The molecule has 178 valence electrons. The molecule has 2 aromatic rings.